The summed E-state index contributed by atoms with van der Waals surface area (Å²) in [6.45, 7) is 0. The Morgan fingerprint density at radius 3 is 2.22 bits per heavy atom. The highest BCUT2D eigenvalue weighted by Crippen LogP contribution is 2.18. The lowest BCUT2D eigenvalue weighted by molar-refractivity contribution is 0.844. The Bertz CT molecular complexity index is 459. The molecule has 0 saturated carbocycles. The van der Waals surface area contributed by atoms with Crippen molar-refractivity contribution in [3.63, 3.8) is 0 Å². The topological polar surface area (TPSA) is 0 Å². The molecule has 2 aromatic carbocycles. The zero-order valence-corrected chi connectivity index (χ0v) is 11.3. The second-order valence-electron chi connectivity index (χ2n) is 4.18. The predicted octanol–water partition coefficient (Wildman–Crippen LogP) is 5.32. The van der Waals surface area contributed by atoms with Gasteiger partial charge in [0, 0.05) is 4.90 Å². The van der Waals surface area contributed by atoms with Crippen molar-refractivity contribution in [1.82, 2.24) is 0 Å². The minimum absolute atomic E-state index is 1.15. The van der Waals surface area contributed by atoms with Crippen molar-refractivity contribution in [1.29, 1.82) is 0 Å². The molecule has 2 aromatic rings. The van der Waals surface area contributed by atoms with Crippen LogP contribution >= 0.6 is 11.8 Å². The van der Waals surface area contributed by atoms with Gasteiger partial charge in [-0.1, -0.05) is 66.4 Å². The number of rotatable bonds is 6. The SMILES string of the molecule is C(=C\Sc1ccccc1)/CCCc1ccccc1. The van der Waals surface area contributed by atoms with Crippen LogP contribution in [0.1, 0.15) is 18.4 Å². The molecule has 2 rings (SSSR count). The van der Waals surface area contributed by atoms with Crippen molar-refractivity contribution in [3.8, 4) is 0 Å². The molecular weight excluding hydrogens is 236 g/mol. The Kier molecular flexibility index (Phi) is 5.61. The molecule has 0 aliphatic carbocycles. The largest absolute Gasteiger partial charge is 0.0984 e. The van der Waals surface area contributed by atoms with E-state index < -0.39 is 0 Å². The summed E-state index contributed by atoms with van der Waals surface area (Å²) in [5.74, 6) is 0. The predicted molar refractivity (Wildman–Crippen MR) is 80.8 cm³/mol. The van der Waals surface area contributed by atoms with Gasteiger partial charge in [0.2, 0.25) is 0 Å². The quantitative estimate of drug-likeness (QED) is 0.497. The molecule has 0 aliphatic heterocycles. The monoisotopic (exact) mass is 254 g/mol. The highest BCUT2D eigenvalue weighted by atomic mass is 32.2. The molecule has 18 heavy (non-hydrogen) atoms. The van der Waals surface area contributed by atoms with Gasteiger partial charge in [-0.2, -0.15) is 0 Å². The van der Waals surface area contributed by atoms with Gasteiger partial charge in [-0.15, -0.1) is 0 Å². The zero-order chi connectivity index (χ0) is 12.5. The summed E-state index contributed by atoms with van der Waals surface area (Å²) in [6, 6.07) is 21.2. The molecule has 0 radical (unpaired) electrons. The highest BCUT2D eigenvalue weighted by Gasteiger charge is 1.90. The van der Waals surface area contributed by atoms with Gasteiger partial charge in [-0.3, -0.25) is 0 Å². The van der Waals surface area contributed by atoms with Crippen LogP contribution in [0.25, 0.3) is 0 Å². The lowest BCUT2D eigenvalue weighted by atomic mass is 10.1. The van der Waals surface area contributed by atoms with Crippen molar-refractivity contribution in [2.24, 2.45) is 0 Å². The molecule has 0 heterocycles. The molecule has 0 saturated heterocycles. The van der Waals surface area contributed by atoms with Gasteiger partial charge in [-0.25, -0.2) is 0 Å². The number of hydrogen-bond donors (Lipinski definition) is 0. The Hall–Kier alpha value is -1.47. The number of benzene rings is 2. The van der Waals surface area contributed by atoms with E-state index in [1.54, 1.807) is 11.8 Å². The minimum Gasteiger partial charge on any atom is -0.0984 e. The van der Waals surface area contributed by atoms with Crippen LogP contribution < -0.4 is 0 Å². The van der Waals surface area contributed by atoms with E-state index in [0.717, 1.165) is 6.42 Å². The summed E-state index contributed by atoms with van der Waals surface area (Å²) in [6.07, 6.45) is 5.80. The first kappa shape index (κ1) is 13.0. The van der Waals surface area contributed by atoms with E-state index >= 15 is 0 Å². The van der Waals surface area contributed by atoms with Crippen molar-refractivity contribution >= 4 is 11.8 Å². The molecule has 0 unspecified atom stereocenters. The lowest BCUT2D eigenvalue weighted by Crippen LogP contribution is -1.82. The van der Waals surface area contributed by atoms with Gasteiger partial charge >= 0.3 is 0 Å². The third-order valence-electron chi connectivity index (χ3n) is 2.72. The van der Waals surface area contributed by atoms with Crippen molar-refractivity contribution < 1.29 is 0 Å². The Morgan fingerprint density at radius 1 is 0.833 bits per heavy atom. The Labute approximate surface area is 114 Å². The lowest BCUT2D eigenvalue weighted by Gasteiger charge is -1.98. The first-order valence-corrected chi connectivity index (χ1v) is 7.24. The van der Waals surface area contributed by atoms with Gasteiger partial charge < -0.3 is 0 Å². The molecule has 0 aliphatic rings. The van der Waals surface area contributed by atoms with Crippen molar-refractivity contribution in [2.75, 3.05) is 0 Å². The van der Waals surface area contributed by atoms with Crippen LogP contribution in [-0.4, -0.2) is 0 Å². The van der Waals surface area contributed by atoms with Gasteiger partial charge in [0.15, 0.2) is 0 Å². The fourth-order valence-corrected chi connectivity index (χ4v) is 2.47. The van der Waals surface area contributed by atoms with Crippen LogP contribution in [0.5, 0.6) is 0 Å². The summed E-state index contributed by atoms with van der Waals surface area (Å²) in [4.78, 5) is 1.30. The number of hydrogen-bond acceptors (Lipinski definition) is 1. The normalized spacial score (nSPS) is 10.9. The fraction of sp³-hybridized carbons (Fsp3) is 0.176. The van der Waals surface area contributed by atoms with E-state index in [4.69, 9.17) is 0 Å². The maximum atomic E-state index is 2.26. The minimum atomic E-state index is 1.15. The average molecular weight is 254 g/mol. The first-order valence-electron chi connectivity index (χ1n) is 6.36. The van der Waals surface area contributed by atoms with Gasteiger partial charge in [-0.05, 0) is 42.4 Å². The number of thioether (sulfide) groups is 1. The van der Waals surface area contributed by atoms with Crippen LogP contribution in [0.2, 0.25) is 0 Å². The maximum absolute atomic E-state index is 2.26. The molecule has 0 amide bonds. The third-order valence-corrected chi connectivity index (χ3v) is 3.60. The smallest absolute Gasteiger partial charge is 0.0116 e. The summed E-state index contributed by atoms with van der Waals surface area (Å²) >= 11 is 1.79. The van der Waals surface area contributed by atoms with E-state index in [2.05, 4.69) is 66.1 Å². The van der Waals surface area contributed by atoms with E-state index in [1.807, 2.05) is 6.07 Å². The third kappa shape index (κ3) is 4.80. The van der Waals surface area contributed by atoms with E-state index in [9.17, 15) is 0 Å². The van der Waals surface area contributed by atoms with Gasteiger partial charge in [0.05, 0.1) is 0 Å². The summed E-state index contributed by atoms with van der Waals surface area (Å²) in [5.41, 5.74) is 1.43. The number of aryl methyl sites for hydroxylation is 1. The Balaban J connectivity index is 1.64. The van der Waals surface area contributed by atoms with Crippen LogP contribution in [0.3, 0.4) is 0 Å². The number of allylic oxidation sites excluding steroid dienone is 1. The van der Waals surface area contributed by atoms with Crippen LogP contribution in [0, 0.1) is 0 Å². The molecule has 0 fully saturated rings. The second-order valence-corrected chi connectivity index (χ2v) is 5.16. The molecular formula is C17H18S. The van der Waals surface area contributed by atoms with Crippen LogP contribution in [0.4, 0.5) is 0 Å². The number of unbranched alkanes of at least 4 members (excludes halogenated alkanes) is 1. The van der Waals surface area contributed by atoms with E-state index in [1.165, 1.54) is 23.3 Å². The average Bonchev–Trinajstić information content (AvgIpc) is 2.45. The molecule has 0 nitrogen and oxygen atoms in total. The summed E-state index contributed by atoms with van der Waals surface area (Å²) in [5, 5.41) is 2.19. The second kappa shape index (κ2) is 7.78. The molecule has 92 valence electrons. The van der Waals surface area contributed by atoms with Crippen LogP contribution in [-0.2, 0) is 6.42 Å². The molecule has 0 bridgehead atoms. The highest BCUT2D eigenvalue weighted by molar-refractivity contribution is 8.02. The molecule has 0 spiro atoms. The molecule has 0 N–H and O–H groups in total. The van der Waals surface area contributed by atoms with E-state index in [0.29, 0.717) is 0 Å². The van der Waals surface area contributed by atoms with Crippen LogP contribution in [0.15, 0.2) is 77.0 Å². The summed E-state index contributed by atoms with van der Waals surface area (Å²) < 4.78 is 0. The zero-order valence-electron chi connectivity index (χ0n) is 10.5. The Morgan fingerprint density at radius 2 is 1.50 bits per heavy atom. The summed E-state index contributed by atoms with van der Waals surface area (Å²) in [7, 11) is 0. The van der Waals surface area contributed by atoms with E-state index in [-0.39, 0.29) is 0 Å². The van der Waals surface area contributed by atoms with Crippen molar-refractivity contribution in [2.45, 2.75) is 24.2 Å². The molecule has 1 heteroatoms. The first-order chi connectivity index (χ1) is 8.95. The molecule has 0 atom stereocenters. The maximum Gasteiger partial charge on any atom is 0.0116 e. The van der Waals surface area contributed by atoms with Gasteiger partial charge in [0.25, 0.3) is 0 Å². The van der Waals surface area contributed by atoms with Crippen molar-refractivity contribution in [3.05, 3.63) is 77.7 Å². The van der Waals surface area contributed by atoms with Gasteiger partial charge in [0.1, 0.15) is 0 Å². The standard InChI is InChI=1S/C17H18S/c1-4-10-16(11-5-1)12-6-3-9-15-18-17-13-7-2-8-14-17/h1-2,4-5,7-11,13-15H,3,6,12H2/b15-9+. The fourth-order valence-electron chi connectivity index (χ4n) is 1.76. The molecule has 0 aromatic heterocycles.